The average molecular weight is 521 g/mol. The summed E-state index contributed by atoms with van der Waals surface area (Å²) in [6.45, 7) is 3.28. The van der Waals surface area contributed by atoms with Gasteiger partial charge < -0.3 is 19.8 Å². The predicted molar refractivity (Wildman–Crippen MR) is 127 cm³/mol. The number of rotatable bonds is 6. The number of likely N-dealkylation sites (tertiary alicyclic amines) is 1. The normalized spacial score (nSPS) is 15.7. The predicted octanol–water partition coefficient (Wildman–Crippen LogP) is 3.48. The minimum Gasteiger partial charge on any atom is -0.496 e. The van der Waals surface area contributed by atoms with E-state index < -0.39 is 11.9 Å². The Morgan fingerprint density at radius 3 is 2.39 bits per heavy atom. The molecule has 33 heavy (non-hydrogen) atoms. The average Bonchev–Trinajstić information content (AvgIpc) is 2.80. The summed E-state index contributed by atoms with van der Waals surface area (Å²) in [5.74, 6) is -2.45. The fourth-order valence-electron chi connectivity index (χ4n) is 3.76. The van der Waals surface area contributed by atoms with Gasteiger partial charge in [-0.25, -0.2) is 9.59 Å². The van der Waals surface area contributed by atoms with E-state index in [1.807, 2.05) is 42.3 Å². The van der Waals surface area contributed by atoms with Crippen molar-refractivity contribution in [3.05, 3.63) is 64.1 Å². The van der Waals surface area contributed by atoms with Gasteiger partial charge in [-0.1, -0.05) is 46.3 Å². The van der Waals surface area contributed by atoms with E-state index in [1.165, 1.54) is 5.56 Å². The smallest absolute Gasteiger partial charge is 0.414 e. The van der Waals surface area contributed by atoms with Gasteiger partial charge in [-0.15, -0.1) is 0 Å². The number of methoxy groups -OCH3 is 1. The minimum absolute atomic E-state index is 0.0608. The third-order valence-electron chi connectivity index (χ3n) is 5.31. The highest BCUT2D eigenvalue weighted by atomic mass is 79.9. The molecule has 2 N–H and O–H groups in total. The van der Waals surface area contributed by atoms with Gasteiger partial charge >= 0.3 is 11.9 Å². The van der Waals surface area contributed by atoms with E-state index in [0.29, 0.717) is 6.54 Å². The number of carbonyl (C=O) groups excluding carboxylic acids is 1. The highest BCUT2D eigenvalue weighted by Gasteiger charge is 2.28. The van der Waals surface area contributed by atoms with Crippen LogP contribution in [0.2, 0.25) is 0 Å². The van der Waals surface area contributed by atoms with Gasteiger partial charge in [-0.3, -0.25) is 9.69 Å². The lowest BCUT2D eigenvalue weighted by atomic mass is 9.96. The Morgan fingerprint density at radius 1 is 1.12 bits per heavy atom. The van der Waals surface area contributed by atoms with Crippen LogP contribution in [0, 0.1) is 5.92 Å². The molecule has 1 unspecified atom stereocenters. The fraction of sp³-hybridized carbons (Fsp3) is 0.375. The van der Waals surface area contributed by atoms with Crippen molar-refractivity contribution in [1.82, 2.24) is 9.80 Å². The summed E-state index contributed by atoms with van der Waals surface area (Å²) in [5.41, 5.74) is 2.32. The molecule has 2 aromatic rings. The molecular formula is C24H29BrN2O6. The monoisotopic (exact) mass is 520 g/mol. The van der Waals surface area contributed by atoms with Crippen LogP contribution >= 0.6 is 15.9 Å². The molecule has 1 heterocycles. The molecule has 178 valence electrons. The van der Waals surface area contributed by atoms with E-state index in [1.54, 1.807) is 7.11 Å². The number of amides is 1. The van der Waals surface area contributed by atoms with Crippen molar-refractivity contribution < 1.29 is 29.3 Å². The van der Waals surface area contributed by atoms with Crippen LogP contribution in [-0.2, 0) is 27.5 Å². The third kappa shape index (κ3) is 8.51. The number of piperidine rings is 1. The van der Waals surface area contributed by atoms with Gasteiger partial charge in [0.15, 0.2) is 0 Å². The summed E-state index contributed by atoms with van der Waals surface area (Å²) in [4.78, 5) is 35.4. The van der Waals surface area contributed by atoms with Crippen LogP contribution < -0.4 is 4.74 Å². The Kier molecular flexibility index (Phi) is 10.3. The molecule has 0 aromatic heterocycles. The zero-order chi connectivity index (χ0) is 24.4. The molecule has 1 aliphatic rings. The number of halogens is 1. The zero-order valence-electron chi connectivity index (χ0n) is 18.7. The number of carboxylic acids is 2. The second-order valence-electron chi connectivity index (χ2n) is 7.82. The molecule has 0 spiro atoms. The largest absolute Gasteiger partial charge is 0.496 e. The highest BCUT2D eigenvalue weighted by Crippen LogP contribution is 2.27. The molecule has 8 nitrogen and oxygen atoms in total. The van der Waals surface area contributed by atoms with Crippen LogP contribution in [0.15, 0.2) is 53.0 Å². The van der Waals surface area contributed by atoms with E-state index in [2.05, 4.69) is 39.0 Å². The maximum Gasteiger partial charge on any atom is 0.414 e. The van der Waals surface area contributed by atoms with Crippen molar-refractivity contribution >= 4 is 33.8 Å². The van der Waals surface area contributed by atoms with E-state index in [4.69, 9.17) is 24.5 Å². The number of hydrogen-bond donors (Lipinski definition) is 2. The molecule has 3 rings (SSSR count). The van der Waals surface area contributed by atoms with Crippen molar-refractivity contribution in [1.29, 1.82) is 0 Å². The molecule has 0 radical (unpaired) electrons. The Bertz CT molecular complexity index is 941. The van der Waals surface area contributed by atoms with Gasteiger partial charge in [0.05, 0.1) is 13.0 Å². The number of carbonyl (C=O) groups is 3. The fourth-order valence-corrected chi connectivity index (χ4v) is 4.17. The first kappa shape index (κ1) is 26.3. The van der Waals surface area contributed by atoms with Gasteiger partial charge in [-0.05, 0) is 43.1 Å². The molecule has 0 saturated carbocycles. The van der Waals surface area contributed by atoms with Gasteiger partial charge in [0.25, 0.3) is 0 Å². The topological polar surface area (TPSA) is 107 Å². The van der Waals surface area contributed by atoms with Crippen molar-refractivity contribution in [2.24, 2.45) is 5.92 Å². The SMILES string of the molecule is COc1ccc(Br)cc1CN1CCCC(C(=O)N(C)Cc2ccccc2)C1.O=C(O)C(=O)O. The number of carboxylic acid groups (broad SMARTS) is 2. The van der Waals surface area contributed by atoms with Crippen LogP contribution in [0.25, 0.3) is 0 Å². The van der Waals surface area contributed by atoms with Gasteiger partial charge in [0.1, 0.15) is 5.75 Å². The van der Waals surface area contributed by atoms with Gasteiger partial charge in [0.2, 0.25) is 5.91 Å². The number of benzene rings is 2. The van der Waals surface area contributed by atoms with Crippen LogP contribution in [0.3, 0.4) is 0 Å². The maximum absolute atomic E-state index is 12.9. The van der Waals surface area contributed by atoms with Crippen LogP contribution in [0.5, 0.6) is 5.75 Å². The number of nitrogens with zero attached hydrogens (tertiary/aromatic N) is 2. The van der Waals surface area contributed by atoms with Crippen molar-refractivity contribution in [3.8, 4) is 5.75 Å². The molecule has 9 heteroatoms. The first-order chi connectivity index (χ1) is 15.7. The molecule has 0 bridgehead atoms. The maximum atomic E-state index is 12.9. The number of hydrogen-bond acceptors (Lipinski definition) is 5. The molecule has 1 fully saturated rings. The number of aliphatic carboxylic acids is 2. The molecule has 1 amide bonds. The Morgan fingerprint density at radius 2 is 1.79 bits per heavy atom. The summed E-state index contributed by atoms with van der Waals surface area (Å²) in [7, 11) is 3.61. The molecule has 1 aliphatic heterocycles. The summed E-state index contributed by atoms with van der Waals surface area (Å²) in [6, 6.07) is 16.2. The summed E-state index contributed by atoms with van der Waals surface area (Å²) in [6.07, 6.45) is 2.01. The van der Waals surface area contributed by atoms with Gasteiger partial charge in [-0.2, -0.15) is 0 Å². The lowest BCUT2D eigenvalue weighted by Gasteiger charge is -2.34. The van der Waals surface area contributed by atoms with Gasteiger partial charge in [0, 0.05) is 36.7 Å². The first-order valence-electron chi connectivity index (χ1n) is 10.5. The lowest BCUT2D eigenvalue weighted by molar-refractivity contribution is -0.159. The first-order valence-corrected chi connectivity index (χ1v) is 11.3. The van der Waals surface area contributed by atoms with E-state index in [0.717, 1.165) is 48.3 Å². The third-order valence-corrected chi connectivity index (χ3v) is 5.81. The van der Waals surface area contributed by atoms with Crippen LogP contribution in [-0.4, -0.2) is 65.1 Å². The Hall–Kier alpha value is -2.91. The standard InChI is InChI=1S/C22H27BrN2O2.C2H2O4/c1-24(14-17-7-4-3-5-8-17)22(26)18-9-6-12-25(15-18)16-19-13-20(23)10-11-21(19)27-2;3-1(4)2(5)6/h3-5,7-8,10-11,13,18H,6,9,12,14-16H2,1-2H3;(H,3,4)(H,5,6). The van der Waals surface area contributed by atoms with Crippen molar-refractivity contribution in [2.45, 2.75) is 25.9 Å². The molecule has 1 atom stereocenters. The summed E-state index contributed by atoms with van der Waals surface area (Å²) < 4.78 is 6.54. The quantitative estimate of drug-likeness (QED) is 0.561. The van der Waals surface area contributed by atoms with Crippen LogP contribution in [0.1, 0.15) is 24.0 Å². The van der Waals surface area contributed by atoms with Crippen molar-refractivity contribution in [2.75, 3.05) is 27.2 Å². The van der Waals surface area contributed by atoms with E-state index >= 15 is 0 Å². The minimum atomic E-state index is -1.82. The van der Waals surface area contributed by atoms with E-state index in [9.17, 15) is 4.79 Å². The second kappa shape index (κ2) is 13.0. The Labute approximate surface area is 201 Å². The van der Waals surface area contributed by atoms with E-state index in [-0.39, 0.29) is 11.8 Å². The van der Waals surface area contributed by atoms with Crippen LogP contribution in [0.4, 0.5) is 0 Å². The number of ether oxygens (including phenoxy) is 1. The van der Waals surface area contributed by atoms with Crippen molar-refractivity contribution in [3.63, 3.8) is 0 Å². The molecule has 0 aliphatic carbocycles. The molecule has 1 saturated heterocycles. The summed E-state index contributed by atoms with van der Waals surface area (Å²) in [5, 5.41) is 14.8. The highest BCUT2D eigenvalue weighted by molar-refractivity contribution is 9.10. The summed E-state index contributed by atoms with van der Waals surface area (Å²) >= 11 is 3.54. The molecular weight excluding hydrogens is 492 g/mol. The second-order valence-corrected chi connectivity index (χ2v) is 8.74. The molecule has 2 aromatic carbocycles. The zero-order valence-corrected chi connectivity index (χ0v) is 20.3. The Balaban J connectivity index is 0.000000569. The lowest BCUT2D eigenvalue weighted by Crippen LogP contribution is -2.43.